The zero-order chi connectivity index (χ0) is 18.4. The van der Waals surface area contributed by atoms with Crippen molar-refractivity contribution in [1.82, 2.24) is 4.98 Å². The van der Waals surface area contributed by atoms with Gasteiger partial charge in [0.2, 0.25) is 5.91 Å². The summed E-state index contributed by atoms with van der Waals surface area (Å²) in [5.41, 5.74) is 3.59. The second kappa shape index (κ2) is 8.54. The molecule has 4 nitrogen and oxygen atoms in total. The summed E-state index contributed by atoms with van der Waals surface area (Å²) >= 11 is 1.57. The van der Waals surface area contributed by atoms with Crippen molar-refractivity contribution in [2.45, 2.75) is 26.2 Å². The number of anilines is 1. The van der Waals surface area contributed by atoms with Gasteiger partial charge in [-0.25, -0.2) is 4.98 Å². The lowest BCUT2D eigenvalue weighted by Crippen LogP contribution is -2.13. The average molecular weight is 364 g/mol. The third kappa shape index (κ3) is 4.64. The first-order valence-corrected chi connectivity index (χ1v) is 9.45. The van der Waals surface area contributed by atoms with E-state index in [1.54, 1.807) is 17.5 Å². The Bertz CT molecular complexity index is 869. The van der Waals surface area contributed by atoms with Crippen molar-refractivity contribution < 1.29 is 9.59 Å². The van der Waals surface area contributed by atoms with Crippen molar-refractivity contribution in [3.63, 3.8) is 0 Å². The van der Waals surface area contributed by atoms with Gasteiger partial charge in [0.1, 0.15) is 5.01 Å². The Morgan fingerprint density at radius 2 is 1.73 bits per heavy atom. The molecule has 0 aliphatic rings. The van der Waals surface area contributed by atoms with Gasteiger partial charge in [-0.3, -0.25) is 9.59 Å². The molecule has 0 aliphatic carbocycles. The van der Waals surface area contributed by atoms with Gasteiger partial charge < -0.3 is 5.32 Å². The summed E-state index contributed by atoms with van der Waals surface area (Å²) in [7, 11) is 0. The number of carbonyl (C=O) groups excluding carboxylic acids is 2. The number of rotatable bonds is 7. The number of thiazole rings is 1. The molecule has 0 spiro atoms. The molecule has 1 aromatic heterocycles. The second-order valence-corrected chi connectivity index (χ2v) is 6.83. The molecule has 2 aromatic carbocycles. The monoisotopic (exact) mass is 364 g/mol. The summed E-state index contributed by atoms with van der Waals surface area (Å²) < 4.78 is 0. The van der Waals surface area contributed by atoms with Crippen LogP contribution in [-0.2, 0) is 11.2 Å². The van der Waals surface area contributed by atoms with E-state index in [-0.39, 0.29) is 24.5 Å². The first kappa shape index (κ1) is 18.0. The van der Waals surface area contributed by atoms with Gasteiger partial charge >= 0.3 is 0 Å². The van der Waals surface area contributed by atoms with Crippen LogP contribution in [0.3, 0.4) is 0 Å². The number of Topliss-reactive ketones (excluding diaryl/α,β-unsaturated/α-hetero) is 1. The van der Waals surface area contributed by atoms with E-state index in [1.165, 1.54) is 5.56 Å². The first-order chi connectivity index (χ1) is 12.7. The van der Waals surface area contributed by atoms with Crippen molar-refractivity contribution in [3.8, 4) is 10.6 Å². The van der Waals surface area contributed by atoms with E-state index in [9.17, 15) is 9.59 Å². The molecular weight excluding hydrogens is 344 g/mol. The van der Waals surface area contributed by atoms with Gasteiger partial charge in [-0.1, -0.05) is 31.2 Å². The molecule has 26 heavy (non-hydrogen) atoms. The Labute approximate surface area is 156 Å². The standard InChI is InChI=1S/C21H20N2O2S/c1-2-15-3-5-16(6-4-15)19(24)11-12-20(25)23-18-9-7-17(8-10-18)21-22-13-14-26-21/h3-10,13-14H,2,11-12H2,1H3,(H,23,25). The summed E-state index contributed by atoms with van der Waals surface area (Å²) in [6.45, 7) is 2.07. The molecule has 3 rings (SSSR count). The Balaban J connectivity index is 1.51. The Morgan fingerprint density at radius 3 is 2.35 bits per heavy atom. The molecule has 0 unspecified atom stereocenters. The molecule has 0 radical (unpaired) electrons. The van der Waals surface area contributed by atoms with E-state index >= 15 is 0 Å². The molecule has 0 saturated carbocycles. The lowest BCUT2D eigenvalue weighted by molar-refractivity contribution is -0.116. The van der Waals surface area contributed by atoms with Crippen LogP contribution in [0.2, 0.25) is 0 Å². The van der Waals surface area contributed by atoms with Gasteiger partial charge in [0.05, 0.1) is 0 Å². The smallest absolute Gasteiger partial charge is 0.224 e. The maximum Gasteiger partial charge on any atom is 0.224 e. The summed E-state index contributed by atoms with van der Waals surface area (Å²) in [6, 6.07) is 15.1. The fourth-order valence-corrected chi connectivity index (χ4v) is 3.23. The minimum atomic E-state index is -0.162. The molecule has 5 heteroatoms. The molecule has 0 atom stereocenters. The highest BCUT2D eigenvalue weighted by molar-refractivity contribution is 7.13. The van der Waals surface area contributed by atoms with Gasteiger partial charge in [-0.2, -0.15) is 0 Å². The Hall–Kier alpha value is -2.79. The number of carbonyl (C=O) groups is 2. The summed E-state index contributed by atoms with van der Waals surface area (Å²) in [6.07, 6.45) is 3.08. The molecule has 0 aliphatic heterocycles. The SMILES string of the molecule is CCc1ccc(C(=O)CCC(=O)Nc2ccc(-c3nccs3)cc2)cc1. The van der Waals surface area contributed by atoms with Gasteiger partial charge in [0.15, 0.2) is 5.78 Å². The van der Waals surface area contributed by atoms with Crippen molar-refractivity contribution in [1.29, 1.82) is 0 Å². The number of amides is 1. The largest absolute Gasteiger partial charge is 0.326 e. The molecule has 0 fully saturated rings. The average Bonchev–Trinajstić information content (AvgIpc) is 3.21. The molecule has 1 heterocycles. The Kier molecular flexibility index (Phi) is 5.92. The summed E-state index contributed by atoms with van der Waals surface area (Å²) in [5, 5.41) is 5.71. The first-order valence-electron chi connectivity index (χ1n) is 8.57. The number of aryl methyl sites for hydroxylation is 1. The van der Waals surface area contributed by atoms with Crippen molar-refractivity contribution in [3.05, 3.63) is 71.2 Å². The van der Waals surface area contributed by atoms with Crippen LogP contribution in [0.25, 0.3) is 10.6 Å². The van der Waals surface area contributed by atoms with E-state index in [0.717, 1.165) is 22.7 Å². The third-order valence-corrected chi connectivity index (χ3v) is 4.93. The second-order valence-electron chi connectivity index (χ2n) is 5.94. The quantitative estimate of drug-likeness (QED) is 0.602. The predicted molar refractivity (Wildman–Crippen MR) is 106 cm³/mol. The lowest BCUT2D eigenvalue weighted by Gasteiger charge is -2.06. The highest BCUT2D eigenvalue weighted by Gasteiger charge is 2.10. The number of hydrogen-bond acceptors (Lipinski definition) is 4. The minimum Gasteiger partial charge on any atom is -0.326 e. The number of nitrogens with zero attached hydrogens (tertiary/aromatic N) is 1. The fraction of sp³-hybridized carbons (Fsp3) is 0.190. The van der Waals surface area contributed by atoms with Crippen LogP contribution in [-0.4, -0.2) is 16.7 Å². The summed E-state index contributed by atoms with van der Waals surface area (Å²) in [5.74, 6) is -0.174. The van der Waals surface area contributed by atoms with Gasteiger partial charge in [-0.05, 0) is 36.2 Å². The van der Waals surface area contributed by atoms with Crippen LogP contribution in [0.15, 0.2) is 60.1 Å². The topological polar surface area (TPSA) is 59.1 Å². The number of aromatic nitrogens is 1. The predicted octanol–water partition coefficient (Wildman–Crippen LogP) is 4.97. The maximum atomic E-state index is 12.2. The molecule has 132 valence electrons. The third-order valence-electron chi connectivity index (χ3n) is 4.11. The number of benzene rings is 2. The van der Waals surface area contributed by atoms with Crippen LogP contribution < -0.4 is 5.32 Å². The van der Waals surface area contributed by atoms with Crippen molar-refractivity contribution in [2.24, 2.45) is 0 Å². The van der Waals surface area contributed by atoms with Crippen molar-refractivity contribution in [2.75, 3.05) is 5.32 Å². The molecule has 1 N–H and O–H groups in total. The zero-order valence-electron chi connectivity index (χ0n) is 14.6. The van der Waals surface area contributed by atoms with Crippen LogP contribution in [0.4, 0.5) is 5.69 Å². The highest BCUT2D eigenvalue weighted by atomic mass is 32.1. The molecular formula is C21H20N2O2S. The zero-order valence-corrected chi connectivity index (χ0v) is 15.4. The number of nitrogens with one attached hydrogen (secondary N) is 1. The fourth-order valence-electron chi connectivity index (χ4n) is 2.58. The van der Waals surface area contributed by atoms with Gasteiger partial charge in [0, 0.05) is 41.2 Å². The molecule has 1 amide bonds. The molecule has 3 aromatic rings. The Morgan fingerprint density at radius 1 is 1.00 bits per heavy atom. The molecule has 0 saturated heterocycles. The highest BCUT2D eigenvalue weighted by Crippen LogP contribution is 2.23. The minimum absolute atomic E-state index is 0.0121. The summed E-state index contributed by atoms with van der Waals surface area (Å²) in [4.78, 5) is 28.5. The van der Waals surface area contributed by atoms with E-state index in [2.05, 4.69) is 17.2 Å². The van der Waals surface area contributed by atoms with E-state index < -0.39 is 0 Å². The van der Waals surface area contributed by atoms with Crippen LogP contribution in [0.1, 0.15) is 35.7 Å². The molecule has 0 bridgehead atoms. The van der Waals surface area contributed by atoms with Crippen molar-refractivity contribution >= 4 is 28.7 Å². The van der Waals surface area contributed by atoms with E-state index in [0.29, 0.717) is 5.56 Å². The lowest BCUT2D eigenvalue weighted by atomic mass is 10.0. The normalized spacial score (nSPS) is 10.5. The van der Waals surface area contributed by atoms with Crippen LogP contribution in [0, 0.1) is 0 Å². The van der Waals surface area contributed by atoms with Crippen LogP contribution in [0.5, 0.6) is 0 Å². The van der Waals surface area contributed by atoms with E-state index in [4.69, 9.17) is 0 Å². The van der Waals surface area contributed by atoms with Gasteiger partial charge in [0.25, 0.3) is 0 Å². The number of hydrogen-bond donors (Lipinski definition) is 1. The number of ketones is 1. The van der Waals surface area contributed by atoms with E-state index in [1.807, 2.05) is 53.9 Å². The van der Waals surface area contributed by atoms with Crippen LogP contribution >= 0.6 is 11.3 Å². The van der Waals surface area contributed by atoms with Gasteiger partial charge in [-0.15, -0.1) is 11.3 Å². The maximum absolute atomic E-state index is 12.2.